The number of hydrogen-bond acceptors (Lipinski definition) is 4. The van der Waals surface area contributed by atoms with E-state index in [1.54, 1.807) is 11.3 Å². The van der Waals surface area contributed by atoms with Crippen LogP contribution in [0.3, 0.4) is 0 Å². The van der Waals surface area contributed by atoms with Crippen LogP contribution in [0.4, 0.5) is 0 Å². The van der Waals surface area contributed by atoms with Crippen LogP contribution in [0.2, 0.25) is 5.02 Å². The van der Waals surface area contributed by atoms with Crippen LogP contribution in [0.25, 0.3) is 10.1 Å². The van der Waals surface area contributed by atoms with Gasteiger partial charge in [0.2, 0.25) is 0 Å². The lowest BCUT2D eigenvalue weighted by Crippen LogP contribution is -2.46. The van der Waals surface area contributed by atoms with Crippen molar-refractivity contribution in [2.24, 2.45) is 0 Å². The van der Waals surface area contributed by atoms with Crippen molar-refractivity contribution in [2.45, 2.75) is 25.4 Å². The summed E-state index contributed by atoms with van der Waals surface area (Å²) in [5, 5.41) is 13.9. The second kappa shape index (κ2) is 6.16. The smallest absolute Gasteiger partial charge is 0.317 e. The van der Waals surface area contributed by atoms with Gasteiger partial charge in [-0.15, -0.1) is 11.3 Å². The molecule has 0 bridgehead atoms. The first-order valence-electron chi connectivity index (χ1n) is 7.32. The fraction of sp³-hybridized carbons (Fsp3) is 0.438. The van der Waals surface area contributed by atoms with Crippen molar-refractivity contribution >= 4 is 39.0 Å². The normalized spacial score (nSPS) is 22.5. The van der Waals surface area contributed by atoms with E-state index in [0.29, 0.717) is 0 Å². The molecule has 3 rings (SSSR count). The first-order chi connectivity index (χ1) is 10.5. The average molecular weight is 339 g/mol. The van der Waals surface area contributed by atoms with Gasteiger partial charge < -0.3 is 10.4 Å². The van der Waals surface area contributed by atoms with Gasteiger partial charge in [-0.3, -0.25) is 9.69 Å². The minimum Gasteiger partial charge on any atom is -0.480 e. The number of aliphatic carboxylic acids is 1. The van der Waals surface area contributed by atoms with Crippen molar-refractivity contribution in [1.82, 2.24) is 10.2 Å². The molecule has 0 saturated carbocycles. The molecule has 1 unspecified atom stereocenters. The van der Waals surface area contributed by atoms with E-state index >= 15 is 0 Å². The summed E-state index contributed by atoms with van der Waals surface area (Å²) in [5.41, 5.74) is -0.137. The van der Waals surface area contributed by atoms with E-state index in [0.717, 1.165) is 36.5 Å². The van der Waals surface area contributed by atoms with Crippen molar-refractivity contribution in [1.29, 1.82) is 0 Å². The van der Waals surface area contributed by atoms with Crippen LogP contribution in [0.5, 0.6) is 0 Å². The molecule has 0 aliphatic carbocycles. The molecule has 118 valence electrons. The van der Waals surface area contributed by atoms with Gasteiger partial charge in [0.15, 0.2) is 0 Å². The predicted octanol–water partition coefficient (Wildman–Crippen LogP) is 3.19. The molecule has 1 aliphatic heterocycles. The molecule has 0 spiro atoms. The summed E-state index contributed by atoms with van der Waals surface area (Å²) in [4.78, 5) is 14.2. The Morgan fingerprint density at radius 2 is 2.27 bits per heavy atom. The summed E-state index contributed by atoms with van der Waals surface area (Å²) < 4.78 is 1.22. The lowest BCUT2D eigenvalue weighted by Gasteiger charge is -2.25. The maximum atomic E-state index is 10.7. The summed E-state index contributed by atoms with van der Waals surface area (Å²) in [6.45, 7) is 4.71. The van der Waals surface area contributed by atoms with Gasteiger partial charge in [-0.25, -0.2) is 0 Å². The Morgan fingerprint density at radius 1 is 1.50 bits per heavy atom. The molecule has 1 saturated heterocycles. The largest absolute Gasteiger partial charge is 0.480 e. The maximum Gasteiger partial charge on any atom is 0.317 e. The molecule has 0 radical (unpaired) electrons. The monoisotopic (exact) mass is 338 g/mol. The van der Waals surface area contributed by atoms with E-state index in [-0.39, 0.29) is 12.1 Å². The molecule has 1 aromatic carbocycles. The van der Waals surface area contributed by atoms with E-state index in [1.807, 2.05) is 12.1 Å². The molecule has 1 fully saturated rings. The number of rotatable bonds is 5. The van der Waals surface area contributed by atoms with Crippen molar-refractivity contribution in [3.63, 3.8) is 0 Å². The fourth-order valence-electron chi connectivity index (χ4n) is 2.99. The van der Waals surface area contributed by atoms with E-state index in [4.69, 9.17) is 16.7 Å². The van der Waals surface area contributed by atoms with Crippen LogP contribution < -0.4 is 5.32 Å². The van der Waals surface area contributed by atoms with Crippen LogP contribution in [-0.2, 0) is 11.3 Å². The zero-order chi connectivity index (χ0) is 15.7. The quantitative estimate of drug-likeness (QED) is 0.879. The summed E-state index contributed by atoms with van der Waals surface area (Å²) in [5.74, 6) is -0.813. The van der Waals surface area contributed by atoms with E-state index < -0.39 is 5.97 Å². The third-order valence-corrected chi connectivity index (χ3v) is 5.89. The highest BCUT2D eigenvalue weighted by molar-refractivity contribution is 7.19. The van der Waals surface area contributed by atoms with Crippen LogP contribution in [0.1, 0.15) is 18.2 Å². The molecule has 6 heteroatoms. The van der Waals surface area contributed by atoms with Crippen molar-refractivity contribution in [3.8, 4) is 0 Å². The van der Waals surface area contributed by atoms with Gasteiger partial charge >= 0.3 is 5.97 Å². The zero-order valence-corrected chi connectivity index (χ0v) is 14.0. The highest BCUT2D eigenvalue weighted by Crippen LogP contribution is 2.36. The fourth-order valence-corrected chi connectivity index (χ4v) is 4.53. The topological polar surface area (TPSA) is 52.6 Å². The number of benzene rings is 1. The molecule has 2 heterocycles. The third-order valence-electron chi connectivity index (χ3n) is 4.19. The molecular weight excluding hydrogens is 320 g/mol. The Bertz CT molecular complexity index is 703. The standard InChI is InChI=1S/C16H19ClN2O2S/c1-16(18-8-14(20)21)6-7-19(10-16)9-13-15(17)11-4-2-3-5-12(11)22-13/h2-5,18H,6-10H2,1H3,(H,20,21). The molecular formula is C16H19ClN2O2S. The zero-order valence-electron chi connectivity index (χ0n) is 12.4. The summed E-state index contributed by atoms with van der Waals surface area (Å²) >= 11 is 8.24. The van der Waals surface area contributed by atoms with Gasteiger partial charge in [0.25, 0.3) is 0 Å². The molecule has 1 aliphatic rings. The van der Waals surface area contributed by atoms with Crippen LogP contribution in [0.15, 0.2) is 24.3 Å². The number of carboxylic acid groups (broad SMARTS) is 1. The van der Waals surface area contributed by atoms with E-state index in [9.17, 15) is 4.79 Å². The molecule has 2 aromatic rings. The second-order valence-corrected chi connectivity index (χ2v) is 7.62. The number of hydrogen-bond donors (Lipinski definition) is 2. The van der Waals surface area contributed by atoms with Crippen molar-refractivity contribution in [3.05, 3.63) is 34.2 Å². The minimum atomic E-state index is -0.813. The maximum absolute atomic E-state index is 10.7. The Kier molecular flexibility index (Phi) is 4.41. The number of thiophene rings is 1. The molecule has 0 amide bonds. The van der Waals surface area contributed by atoms with Crippen LogP contribution >= 0.6 is 22.9 Å². The Morgan fingerprint density at radius 3 is 3.00 bits per heavy atom. The Balaban J connectivity index is 1.68. The summed E-state index contributed by atoms with van der Waals surface area (Å²) in [7, 11) is 0. The van der Waals surface area contributed by atoms with Crippen LogP contribution in [-0.4, -0.2) is 41.1 Å². The molecule has 1 atom stereocenters. The average Bonchev–Trinajstić information content (AvgIpc) is 3.00. The number of fused-ring (bicyclic) bond motifs is 1. The van der Waals surface area contributed by atoms with Crippen molar-refractivity contribution in [2.75, 3.05) is 19.6 Å². The highest BCUT2D eigenvalue weighted by Gasteiger charge is 2.34. The number of nitrogens with one attached hydrogen (secondary N) is 1. The van der Waals surface area contributed by atoms with Gasteiger partial charge in [-0.05, 0) is 19.4 Å². The van der Waals surface area contributed by atoms with E-state index in [1.165, 1.54) is 9.58 Å². The number of likely N-dealkylation sites (tertiary alicyclic amines) is 1. The molecule has 1 aromatic heterocycles. The SMILES string of the molecule is CC1(NCC(=O)O)CCN(Cc2sc3ccccc3c2Cl)C1. The van der Waals surface area contributed by atoms with Gasteiger partial charge in [0, 0.05) is 40.1 Å². The third kappa shape index (κ3) is 3.27. The van der Waals surface area contributed by atoms with Gasteiger partial charge in [-0.2, -0.15) is 0 Å². The van der Waals surface area contributed by atoms with Crippen LogP contribution in [0, 0.1) is 0 Å². The minimum absolute atomic E-state index is 0.00792. The number of halogens is 1. The first-order valence-corrected chi connectivity index (χ1v) is 8.51. The highest BCUT2D eigenvalue weighted by atomic mass is 35.5. The lowest BCUT2D eigenvalue weighted by atomic mass is 10.0. The Hall–Kier alpha value is -1.14. The van der Waals surface area contributed by atoms with Crippen molar-refractivity contribution < 1.29 is 9.90 Å². The lowest BCUT2D eigenvalue weighted by molar-refractivity contribution is -0.136. The summed E-state index contributed by atoms with van der Waals surface area (Å²) in [6.07, 6.45) is 0.947. The predicted molar refractivity (Wildman–Crippen MR) is 90.8 cm³/mol. The van der Waals surface area contributed by atoms with E-state index in [2.05, 4.69) is 29.3 Å². The molecule has 2 N–H and O–H groups in total. The van der Waals surface area contributed by atoms with Gasteiger partial charge in [0.1, 0.15) is 0 Å². The Labute approximate surface area is 138 Å². The second-order valence-electron chi connectivity index (χ2n) is 6.10. The number of nitrogens with zero attached hydrogens (tertiary/aromatic N) is 1. The molecule has 4 nitrogen and oxygen atoms in total. The van der Waals surface area contributed by atoms with Gasteiger partial charge in [-0.1, -0.05) is 29.8 Å². The summed E-state index contributed by atoms with van der Waals surface area (Å²) in [6, 6.07) is 8.19. The number of carboxylic acids is 1. The first kappa shape index (κ1) is 15.7. The number of carbonyl (C=O) groups is 1. The van der Waals surface area contributed by atoms with Gasteiger partial charge in [0.05, 0.1) is 11.6 Å². The molecule has 22 heavy (non-hydrogen) atoms.